The smallest absolute Gasteiger partial charge is 0.338 e. The number of urea groups is 1. The number of hydrogen-bond acceptors (Lipinski definition) is 9. The topological polar surface area (TPSA) is 128 Å². The molecule has 1 aromatic carbocycles. The lowest BCUT2D eigenvalue weighted by Gasteiger charge is -2.44. The van der Waals surface area contributed by atoms with Gasteiger partial charge in [0.15, 0.2) is 10.8 Å². The van der Waals surface area contributed by atoms with Gasteiger partial charge in [-0.15, -0.1) is 11.3 Å². The van der Waals surface area contributed by atoms with E-state index < -0.39 is 34.8 Å². The maximum absolute atomic E-state index is 14.7. The number of nitrogens with zero attached hydrogens (tertiary/aromatic N) is 5. The van der Waals surface area contributed by atoms with Crippen molar-refractivity contribution in [3.63, 3.8) is 0 Å². The van der Waals surface area contributed by atoms with Crippen LogP contribution in [0.4, 0.5) is 9.18 Å². The predicted molar refractivity (Wildman–Crippen MR) is 159 cm³/mol. The summed E-state index contributed by atoms with van der Waals surface area (Å²) in [5, 5.41) is 15.4. The standard InChI is InChI=1S/C30H37FN6O5S/c1-6-42-26(38)22-21(33-24(25-32-10-13-43-25)34-23(22)19-8-7-9-20(31)18(19)2)14-35-11-12-37-28(41)36(17-30(37,5)16-35)15-29(3,4)27(39)40/h7-10,13,23H,6,11-12,14-17H2,1-5H3,(H,33,34)(H,39,40). The van der Waals surface area contributed by atoms with Crippen LogP contribution < -0.4 is 5.32 Å². The highest BCUT2D eigenvalue weighted by atomic mass is 32.1. The molecule has 2 aromatic rings. The van der Waals surface area contributed by atoms with Crippen molar-refractivity contribution in [3.05, 3.63) is 63.0 Å². The number of piperazine rings is 1. The van der Waals surface area contributed by atoms with Crippen molar-refractivity contribution in [2.45, 2.75) is 46.2 Å². The van der Waals surface area contributed by atoms with Gasteiger partial charge < -0.3 is 25.0 Å². The average molecular weight is 613 g/mol. The van der Waals surface area contributed by atoms with Crippen molar-refractivity contribution in [1.82, 2.24) is 25.0 Å². The van der Waals surface area contributed by atoms with Gasteiger partial charge >= 0.3 is 18.0 Å². The number of thiazole rings is 1. The number of halogens is 1. The molecule has 0 bridgehead atoms. The lowest BCUT2D eigenvalue weighted by atomic mass is 9.91. The first-order chi connectivity index (χ1) is 20.3. The fourth-order valence-electron chi connectivity index (χ4n) is 6.06. The molecule has 1 aromatic heterocycles. The van der Waals surface area contributed by atoms with Gasteiger partial charge in [0.1, 0.15) is 11.9 Å². The summed E-state index contributed by atoms with van der Waals surface area (Å²) in [7, 11) is 0. The van der Waals surface area contributed by atoms with E-state index in [1.54, 1.807) is 50.9 Å². The summed E-state index contributed by atoms with van der Waals surface area (Å²) in [6, 6.07) is 3.77. The molecule has 0 radical (unpaired) electrons. The molecule has 2 unspecified atom stereocenters. The molecule has 0 spiro atoms. The van der Waals surface area contributed by atoms with E-state index >= 15 is 0 Å². The van der Waals surface area contributed by atoms with Gasteiger partial charge in [0.05, 0.1) is 23.1 Å². The molecule has 4 heterocycles. The number of esters is 1. The summed E-state index contributed by atoms with van der Waals surface area (Å²) in [4.78, 5) is 53.4. The number of ether oxygens (including phenoxy) is 1. The Balaban J connectivity index is 1.48. The third-order valence-corrected chi connectivity index (χ3v) is 9.08. The molecule has 13 heteroatoms. The highest BCUT2D eigenvalue weighted by molar-refractivity contribution is 7.11. The number of carbonyl (C=O) groups is 3. The van der Waals surface area contributed by atoms with Crippen LogP contribution in [0.5, 0.6) is 0 Å². The SMILES string of the molecule is CCOC(=O)C1=C(CN2CCN3C(=O)N(CC(C)(C)C(=O)O)CC3(C)C2)NC(c2nccs2)=NC1c1cccc(F)c1C. The van der Waals surface area contributed by atoms with Gasteiger partial charge in [-0.25, -0.2) is 19.0 Å². The van der Waals surface area contributed by atoms with Crippen LogP contribution in [0.2, 0.25) is 0 Å². The third-order valence-electron chi connectivity index (χ3n) is 8.30. The van der Waals surface area contributed by atoms with Gasteiger partial charge in [-0.1, -0.05) is 12.1 Å². The second-order valence-corrected chi connectivity index (χ2v) is 13.0. The van der Waals surface area contributed by atoms with Crippen molar-refractivity contribution in [3.8, 4) is 0 Å². The van der Waals surface area contributed by atoms with E-state index in [1.807, 2.05) is 17.2 Å². The molecule has 0 aliphatic carbocycles. The highest BCUT2D eigenvalue weighted by Gasteiger charge is 2.51. The normalized spacial score (nSPS) is 22.8. The molecule has 2 N–H and O–H groups in total. The Kier molecular flexibility index (Phi) is 8.32. The van der Waals surface area contributed by atoms with Crippen LogP contribution in [0.15, 0.2) is 46.0 Å². The van der Waals surface area contributed by atoms with E-state index in [0.29, 0.717) is 66.0 Å². The monoisotopic (exact) mass is 612 g/mol. The fraction of sp³-hybridized carbons (Fsp3) is 0.500. The Morgan fingerprint density at radius 3 is 2.72 bits per heavy atom. The van der Waals surface area contributed by atoms with E-state index in [1.165, 1.54) is 17.4 Å². The number of carbonyl (C=O) groups excluding carboxylic acids is 2. The van der Waals surface area contributed by atoms with E-state index in [4.69, 9.17) is 9.73 Å². The largest absolute Gasteiger partial charge is 0.481 e. The quantitative estimate of drug-likeness (QED) is 0.413. The second kappa shape index (κ2) is 11.7. The predicted octanol–water partition coefficient (Wildman–Crippen LogP) is 3.42. The number of carboxylic acids is 1. The number of amidine groups is 1. The maximum Gasteiger partial charge on any atom is 0.338 e. The van der Waals surface area contributed by atoms with E-state index in [9.17, 15) is 23.9 Å². The minimum Gasteiger partial charge on any atom is -0.481 e. The van der Waals surface area contributed by atoms with Gasteiger partial charge in [0.25, 0.3) is 0 Å². The Labute approximate surface area is 254 Å². The third kappa shape index (κ3) is 5.87. The van der Waals surface area contributed by atoms with E-state index in [0.717, 1.165) is 0 Å². The number of fused-ring (bicyclic) bond motifs is 1. The summed E-state index contributed by atoms with van der Waals surface area (Å²) in [5.41, 5.74) is 0.196. The van der Waals surface area contributed by atoms with Crippen molar-refractivity contribution >= 4 is 35.1 Å². The Morgan fingerprint density at radius 1 is 1.28 bits per heavy atom. The Hall–Kier alpha value is -3.84. The maximum atomic E-state index is 14.7. The molecule has 11 nitrogen and oxygen atoms in total. The van der Waals surface area contributed by atoms with Gasteiger partial charge in [-0.2, -0.15) is 0 Å². The van der Waals surface area contributed by atoms with E-state index in [2.05, 4.69) is 15.2 Å². The Morgan fingerprint density at radius 2 is 2.05 bits per heavy atom. The second-order valence-electron chi connectivity index (χ2n) is 12.1. The number of hydrogen-bond donors (Lipinski definition) is 2. The molecular formula is C30H37FN6O5S. The fourth-order valence-corrected chi connectivity index (χ4v) is 6.65. The first-order valence-corrected chi connectivity index (χ1v) is 15.1. The molecule has 2 atom stereocenters. The lowest BCUT2D eigenvalue weighted by molar-refractivity contribution is -0.147. The van der Waals surface area contributed by atoms with Gasteiger partial charge in [-0.05, 0) is 51.8 Å². The summed E-state index contributed by atoms with van der Waals surface area (Å²) < 4.78 is 20.2. The van der Waals surface area contributed by atoms with Crippen LogP contribution in [-0.2, 0) is 14.3 Å². The minimum atomic E-state index is -1.08. The highest BCUT2D eigenvalue weighted by Crippen LogP contribution is 2.37. The van der Waals surface area contributed by atoms with Crippen molar-refractivity contribution < 1.29 is 28.6 Å². The van der Waals surface area contributed by atoms with Crippen LogP contribution in [0.1, 0.15) is 49.9 Å². The molecule has 43 heavy (non-hydrogen) atoms. The summed E-state index contributed by atoms with van der Waals surface area (Å²) >= 11 is 1.40. The first-order valence-electron chi connectivity index (χ1n) is 14.3. The number of benzene rings is 1. The summed E-state index contributed by atoms with van der Waals surface area (Å²) in [5.74, 6) is -1.41. The molecule has 3 aliphatic rings. The van der Waals surface area contributed by atoms with Crippen molar-refractivity contribution in [2.75, 3.05) is 45.9 Å². The molecule has 2 fully saturated rings. The van der Waals surface area contributed by atoms with Crippen LogP contribution in [0, 0.1) is 18.2 Å². The molecule has 230 valence electrons. The molecule has 0 saturated carbocycles. The number of aromatic nitrogens is 1. The van der Waals surface area contributed by atoms with Gasteiger partial charge in [0.2, 0.25) is 0 Å². The number of amides is 2. The molecule has 3 aliphatic heterocycles. The summed E-state index contributed by atoms with van der Waals surface area (Å²) in [6.45, 7) is 11.1. The first kappa shape index (κ1) is 30.6. The number of nitrogens with one attached hydrogen (secondary N) is 1. The van der Waals surface area contributed by atoms with Gasteiger partial charge in [-0.3, -0.25) is 14.7 Å². The molecule has 2 saturated heterocycles. The van der Waals surface area contributed by atoms with Gasteiger partial charge in [0, 0.05) is 56.5 Å². The number of aliphatic imine (C=N–C) groups is 1. The van der Waals surface area contributed by atoms with Crippen molar-refractivity contribution in [1.29, 1.82) is 0 Å². The summed E-state index contributed by atoms with van der Waals surface area (Å²) in [6.07, 6.45) is 1.67. The Bertz CT molecular complexity index is 1490. The lowest BCUT2D eigenvalue weighted by Crippen LogP contribution is -2.60. The zero-order valence-electron chi connectivity index (χ0n) is 25.0. The molecule has 2 amide bonds. The van der Waals surface area contributed by atoms with Crippen LogP contribution in [0.3, 0.4) is 0 Å². The minimum absolute atomic E-state index is 0.106. The van der Waals surface area contributed by atoms with Crippen LogP contribution in [0.25, 0.3) is 0 Å². The zero-order chi connectivity index (χ0) is 31.1. The zero-order valence-corrected chi connectivity index (χ0v) is 25.8. The van der Waals surface area contributed by atoms with E-state index in [-0.39, 0.29) is 19.2 Å². The van der Waals surface area contributed by atoms with Crippen molar-refractivity contribution in [2.24, 2.45) is 10.4 Å². The average Bonchev–Trinajstić information content (AvgIpc) is 3.56. The molecule has 5 rings (SSSR count). The number of rotatable bonds is 9. The van der Waals surface area contributed by atoms with Crippen LogP contribution in [-0.4, -0.2) is 100 Å². The molecular weight excluding hydrogens is 575 g/mol. The van der Waals surface area contributed by atoms with Crippen LogP contribution >= 0.6 is 11.3 Å². The number of aliphatic carboxylic acids is 1. The number of carboxylic acid groups (broad SMARTS) is 1.